The molecule has 2 aromatic heterocycles. The summed E-state index contributed by atoms with van der Waals surface area (Å²) in [6.07, 6.45) is 5.73. The molecule has 1 aliphatic rings. The van der Waals surface area contributed by atoms with E-state index in [-0.39, 0.29) is 0 Å². The summed E-state index contributed by atoms with van der Waals surface area (Å²) in [5.41, 5.74) is 3.92. The molecule has 0 spiro atoms. The van der Waals surface area contributed by atoms with Crippen LogP contribution >= 0.6 is 11.6 Å². The zero-order valence-electron chi connectivity index (χ0n) is 17.6. The topological polar surface area (TPSA) is 72.0 Å². The summed E-state index contributed by atoms with van der Waals surface area (Å²) in [7, 11) is 0. The Bertz CT molecular complexity index is 1210. The van der Waals surface area contributed by atoms with Crippen molar-refractivity contribution in [3.63, 3.8) is 0 Å². The van der Waals surface area contributed by atoms with Crippen molar-refractivity contribution >= 4 is 34.0 Å². The first-order valence-corrected chi connectivity index (χ1v) is 11.2. The molecular weight excluding hydrogens is 422 g/mol. The standard InChI is InChI=1S/C25H24ClN5O/c26-22-13-19(7-9-24(22)32-15-20-5-1-2-11-28-20)31-25-21-12-17(18-4-3-10-27-14-18)6-8-23(21)29-16-30-25/h1-2,5-9,11-13,16,18,27H,3-4,10,14-15H2,(H,29,30,31). The van der Waals surface area contributed by atoms with Gasteiger partial charge in [0.15, 0.2) is 0 Å². The van der Waals surface area contributed by atoms with Crippen LogP contribution in [0.1, 0.15) is 30.0 Å². The van der Waals surface area contributed by atoms with Gasteiger partial charge in [-0.05, 0) is 73.3 Å². The second kappa shape index (κ2) is 9.51. The Labute approximate surface area is 192 Å². The van der Waals surface area contributed by atoms with Crippen molar-refractivity contribution in [2.75, 3.05) is 18.4 Å². The zero-order valence-corrected chi connectivity index (χ0v) is 18.3. The van der Waals surface area contributed by atoms with E-state index >= 15 is 0 Å². The highest BCUT2D eigenvalue weighted by Crippen LogP contribution is 2.32. The number of hydrogen-bond acceptors (Lipinski definition) is 6. The molecule has 32 heavy (non-hydrogen) atoms. The Morgan fingerprint density at radius 2 is 2.03 bits per heavy atom. The summed E-state index contributed by atoms with van der Waals surface area (Å²) in [6, 6.07) is 17.8. The van der Waals surface area contributed by atoms with E-state index in [1.165, 1.54) is 18.4 Å². The Hall–Kier alpha value is -3.22. The van der Waals surface area contributed by atoms with Crippen LogP contribution < -0.4 is 15.4 Å². The molecule has 3 heterocycles. The maximum atomic E-state index is 6.48. The number of piperidine rings is 1. The van der Waals surface area contributed by atoms with Crippen molar-refractivity contribution in [3.8, 4) is 5.75 Å². The minimum Gasteiger partial charge on any atom is -0.486 e. The molecule has 6 nitrogen and oxygen atoms in total. The number of fused-ring (bicyclic) bond motifs is 1. The monoisotopic (exact) mass is 445 g/mol. The molecule has 1 unspecified atom stereocenters. The summed E-state index contributed by atoms with van der Waals surface area (Å²) < 4.78 is 5.83. The lowest BCUT2D eigenvalue weighted by atomic mass is 9.91. The number of rotatable bonds is 6. The van der Waals surface area contributed by atoms with Gasteiger partial charge in [0.25, 0.3) is 0 Å². The minimum absolute atomic E-state index is 0.364. The number of pyridine rings is 1. The number of anilines is 2. The van der Waals surface area contributed by atoms with Gasteiger partial charge >= 0.3 is 0 Å². The molecule has 162 valence electrons. The van der Waals surface area contributed by atoms with E-state index < -0.39 is 0 Å². The van der Waals surface area contributed by atoms with E-state index in [4.69, 9.17) is 16.3 Å². The predicted octanol–water partition coefficient (Wildman–Crippen LogP) is 5.47. The minimum atomic E-state index is 0.364. The highest BCUT2D eigenvalue weighted by atomic mass is 35.5. The lowest BCUT2D eigenvalue weighted by Crippen LogP contribution is -2.28. The SMILES string of the molecule is Clc1cc(Nc2ncnc3ccc(C4CCCNC4)cc23)ccc1OCc1ccccn1. The molecule has 0 radical (unpaired) electrons. The molecule has 2 N–H and O–H groups in total. The molecule has 4 aromatic rings. The third-order valence-electron chi connectivity index (χ3n) is 5.72. The Kier molecular flexibility index (Phi) is 6.14. The first-order chi connectivity index (χ1) is 15.8. The molecule has 0 saturated carbocycles. The Balaban J connectivity index is 1.36. The number of nitrogens with zero attached hydrogens (tertiary/aromatic N) is 3. The summed E-state index contributed by atoms with van der Waals surface area (Å²) >= 11 is 6.48. The van der Waals surface area contributed by atoms with Crippen LogP contribution in [-0.4, -0.2) is 28.0 Å². The van der Waals surface area contributed by atoms with Crippen LogP contribution in [0.5, 0.6) is 5.75 Å². The van der Waals surface area contributed by atoms with Crippen LogP contribution in [0.2, 0.25) is 5.02 Å². The van der Waals surface area contributed by atoms with Crippen molar-refractivity contribution in [1.29, 1.82) is 0 Å². The quantitative estimate of drug-likeness (QED) is 0.410. The maximum absolute atomic E-state index is 6.48. The van der Waals surface area contributed by atoms with Gasteiger partial charge in [-0.1, -0.05) is 23.7 Å². The fourth-order valence-electron chi connectivity index (χ4n) is 4.03. The van der Waals surface area contributed by atoms with Gasteiger partial charge in [0.05, 0.1) is 16.2 Å². The third kappa shape index (κ3) is 4.66. The largest absolute Gasteiger partial charge is 0.486 e. The maximum Gasteiger partial charge on any atom is 0.141 e. The highest BCUT2D eigenvalue weighted by Gasteiger charge is 2.16. The highest BCUT2D eigenvalue weighted by molar-refractivity contribution is 6.32. The van der Waals surface area contributed by atoms with Crippen molar-refractivity contribution in [1.82, 2.24) is 20.3 Å². The molecule has 0 aliphatic carbocycles. The van der Waals surface area contributed by atoms with Gasteiger partial charge < -0.3 is 15.4 Å². The van der Waals surface area contributed by atoms with E-state index in [1.54, 1.807) is 12.5 Å². The van der Waals surface area contributed by atoms with Gasteiger partial charge in [0, 0.05) is 23.8 Å². The number of nitrogens with one attached hydrogen (secondary N) is 2. The predicted molar refractivity (Wildman–Crippen MR) is 128 cm³/mol. The Morgan fingerprint density at radius 3 is 2.84 bits per heavy atom. The molecule has 1 atom stereocenters. The van der Waals surface area contributed by atoms with Crippen LogP contribution in [0, 0.1) is 0 Å². The van der Waals surface area contributed by atoms with Crippen molar-refractivity contribution in [2.45, 2.75) is 25.4 Å². The summed E-state index contributed by atoms with van der Waals surface area (Å²) in [4.78, 5) is 13.2. The van der Waals surface area contributed by atoms with Gasteiger partial charge in [0.1, 0.15) is 24.5 Å². The van der Waals surface area contributed by atoms with Crippen molar-refractivity contribution in [2.24, 2.45) is 0 Å². The third-order valence-corrected chi connectivity index (χ3v) is 6.02. The number of hydrogen-bond donors (Lipinski definition) is 2. The van der Waals surface area contributed by atoms with Crippen LogP contribution in [0.25, 0.3) is 10.9 Å². The summed E-state index contributed by atoms with van der Waals surface area (Å²) in [5, 5.41) is 8.42. The van der Waals surface area contributed by atoms with Crippen molar-refractivity contribution in [3.05, 3.63) is 83.4 Å². The lowest BCUT2D eigenvalue weighted by Gasteiger charge is -2.23. The zero-order chi connectivity index (χ0) is 21.8. The average molecular weight is 446 g/mol. The molecule has 5 rings (SSSR count). The fourth-order valence-corrected chi connectivity index (χ4v) is 4.27. The lowest BCUT2D eigenvalue weighted by molar-refractivity contribution is 0.301. The van der Waals surface area contributed by atoms with Crippen LogP contribution in [-0.2, 0) is 6.61 Å². The van der Waals surface area contributed by atoms with Gasteiger partial charge in [-0.25, -0.2) is 9.97 Å². The van der Waals surface area contributed by atoms with Gasteiger partial charge in [-0.15, -0.1) is 0 Å². The molecular formula is C25H24ClN5O. The second-order valence-electron chi connectivity index (χ2n) is 7.92. The second-order valence-corrected chi connectivity index (χ2v) is 8.33. The van der Waals surface area contributed by atoms with Crippen molar-refractivity contribution < 1.29 is 4.74 Å². The average Bonchev–Trinajstić information content (AvgIpc) is 2.85. The molecule has 2 aromatic carbocycles. The number of ether oxygens (including phenoxy) is 1. The smallest absolute Gasteiger partial charge is 0.141 e. The Morgan fingerprint density at radius 1 is 1.06 bits per heavy atom. The van der Waals surface area contributed by atoms with E-state index in [2.05, 4.69) is 43.8 Å². The first-order valence-electron chi connectivity index (χ1n) is 10.8. The molecule has 1 aliphatic heterocycles. The van der Waals surface area contributed by atoms with Gasteiger partial charge in [-0.2, -0.15) is 0 Å². The molecule has 1 saturated heterocycles. The molecule has 0 bridgehead atoms. The first kappa shape index (κ1) is 20.7. The molecule has 1 fully saturated rings. The molecule has 7 heteroatoms. The molecule has 0 amide bonds. The number of halogens is 1. The normalized spacial score (nSPS) is 16.1. The van der Waals surface area contributed by atoms with Crippen LogP contribution in [0.3, 0.4) is 0 Å². The van der Waals surface area contributed by atoms with E-state index in [1.807, 2.05) is 36.4 Å². The van der Waals surface area contributed by atoms with E-state index in [0.717, 1.165) is 41.2 Å². The van der Waals surface area contributed by atoms with Gasteiger partial charge in [-0.3, -0.25) is 4.98 Å². The summed E-state index contributed by atoms with van der Waals surface area (Å²) in [5.74, 6) is 1.90. The number of benzene rings is 2. The van der Waals surface area contributed by atoms with Crippen LogP contribution in [0.4, 0.5) is 11.5 Å². The fraction of sp³-hybridized carbons (Fsp3) is 0.240. The number of aromatic nitrogens is 3. The van der Waals surface area contributed by atoms with Crippen LogP contribution in [0.15, 0.2) is 67.1 Å². The van der Waals surface area contributed by atoms with E-state index in [9.17, 15) is 0 Å². The van der Waals surface area contributed by atoms with E-state index in [0.29, 0.717) is 23.3 Å². The summed E-state index contributed by atoms with van der Waals surface area (Å²) in [6.45, 7) is 2.47. The van der Waals surface area contributed by atoms with Gasteiger partial charge in [0.2, 0.25) is 0 Å².